The van der Waals surface area contributed by atoms with E-state index >= 15 is 0 Å². The van der Waals surface area contributed by atoms with Gasteiger partial charge in [0, 0.05) is 45.8 Å². The van der Waals surface area contributed by atoms with Gasteiger partial charge >= 0.3 is 0 Å². The Morgan fingerprint density at radius 2 is 1.85 bits per heavy atom. The van der Waals surface area contributed by atoms with Gasteiger partial charge < -0.3 is 10.6 Å². The third kappa shape index (κ3) is 4.84. The van der Waals surface area contributed by atoms with Gasteiger partial charge in [-0.3, -0.25) is 4.98 Å². The summed E-state index contributed by atoms with van der Waals surface area (Å²) in [5.41, 5.74) is 2.44. The third-order valence-corrected chi connectivity index (χ3v) is 4.24. The van der Waals surface area contributed by atoms with E-state index in [4.69, 9.17) is 23.2 Å². The van der Waals surface area contributed by atoms with Crippen molar-refractivity contribution in [3.63, 3.8) is 0 Å². The number of benzene rings is 1. The van der Waals surface area contributed by atoms with Crippen molar-refractivity contribution in [2.24, 2.45) is 0 Å². The normalized spacial score (nSPS) is 11.8. The minimum atomic E-state index is 0.257. The Labute approximate surface area is 162 Å². The van der Waals surface area contributed by atoms with Crippen molar-refractivity contribution in [3.8, 4) is 11.3 Å². The summed E-state index contributed by atoms with van der Waals surface area (Å²) in [7, 11) is 0. The molecule has 0 fully saturated rings. The van der Waals surface area contributed by atoms with Gasteiger partial charge in [-0.15, -0.1) is 0 Å². The topological polar surface area (TPSA) is 62.7 Å². The number of pyridine rings is 1. The maximum absolute atomic E-state index is 6.08. The van der Waals surface area contributed by atoms with E-state index in [0.717, 1.165) is 23.4 Å². The summed E-state index contributed by atoms with van der Waals surface area (Å²) in [6, 6.07) is 11.2. The summed E-state index contributed by atoms with van der Waals surface area (Å²) >= 11 is 12.2. The van der Waals surface area contributed by atoms with Crippen LogP contribution in [0.25, 0.3) is 11.3 Å². The molecule has 0 spiro atoms. The lowest BCUT2D eigenvalue weighted by Crippen LogP contribution is -2.16. The maximum Gasteiger partial charge on any atom is 0.225 e. The van der Waals surface area contributed by atoms with E-state index in [0.29, 0.717) is 21.8 Å². The monoisotopic (exact) mass is 387 g/mol. The first kappa shape index (κ1) is 18.4. The minimum absolute atomic E-state index is 0.257. The first-order valence-electron chi connectivity index (χ1n) is 8.32. The molecule has 0 bridgehead atoms. The zero-order chi connectivity index (χ0) is 18.5. The summed E-state index contributed by atoms with van der Waals surface area (Å²) in [6.07, 6.45) is 4.47. The highest BCUT2D eigenvalue weighted by molar-refractivity contribution is 6.35. The van der Waals surface area contributed by atoms with Gasteiger partial charge in [0.1, 0.15) is 5.82 Å². The summed E-state index contributed by atoms with van der Waals surface area (Å²) < 4.78 is 0. The Balaban J connectivity index is 1.98. The molecule has 0 saturated carbocycles. The molecule has 3 aromatic rings. The van der Waals surface area contributed by atoms with Crippen LogP contribution in [0.1, 0.15) is 20.3 Å². The van der Waals surface area contributed by atoms with Gasteiger partial charge in [-0.05, 0) is 43.7 Å². The molecular formula is C19H19Cl2N5. The van der Waals surface area contributed by atoms with Crippen LogP contribution in [0.3, 0.4) is 0 Å². The van der Waals surface area contributed by atoms with Crippen molar-refractivity contribution < 1.29 is 0 Å². The molecule has 0 radical (unpaired) electrons. The second-order valence-corrected chi connectivity index (χ2v) is 6.81. The molecule has 2 aromatic heterocycles. The molecule has 1 atom stereocenters. The predicted molar refractivity (Wildman–Crippen MR) is 108 cm³/mol. The Hall–Kier alpha value is -2.37. The van der Waals surface area contributed by atoms with Crippen LogP contribution in [0.5, 0.6) is 0 Å². The molecule has 26 heavy (non-hydrogen) atoms. The highest BCUT2D eigenvalue weighted by Crippen LogP contribution is 2.27. The van der Waals surface area contributed by atoms with Crippen molar-refractivity contribution in [2.75, 3.05) is 10.6 Å². The van der Waals surface area contributed by atoms with Gasteiger partial charge in [-0.1, -0.05) is 30.1 Å². The summed E-state index contributed by atoms with van der Waals surface area (Å²) in [5, 5.41) is 7.67. The van der Waals surface area contributed by atoms with Crippen molar-refractivity contribution >= 4 is 40.7 Å². The number of anilines is 3. The van der Waals surface area contributed by atoms with Gasteiger partial charge in [0.15, 0.2) is 0 Å². The fourth-order valence-electron chi connectivity index (χ4n) is 2.33. The number of nitrogens with zero attached hydrogens (tertiary/aromatic N) is 3. The van der Waals surface area contributed by atoms with Crippen molar-refractivity contribution in [1.29, 1.82) is 0 Å². The molecule has 3 rings (SSSR count). The fraction of sp³-hybridized carbons (Fsp3) is 0.211. The second-order valence-electron chi connectivity index (χ2n) is 5.94. The van der Waals surface area contributed by atoms with Crippen LogP contribution in [0.4, 0.5) is 17.5 Å². The second kappa shape index (κ2) is 8.34. The van der Waals surface area contributed by atoms with Crippen LogP contribution >= 0.6 is 23.2 Å². The lowest BCUT2D eigenvalue weighted by atomic mass is 10.2. The SMILES string of the molecule is CC[C@@H](C)Nc1nc(Nc2cc(Cl)cc(Cl)c2)cc(-c2cccnc2)n1. The maximum atomic E-state index is 6.08. The molecule has 0 aliphatic rings. The first-order valence-corrected chi connectivity index (χ1v) is 9.08. The largest absolute Gasteiger partial charge is 0.352 e. The van der Waals surface area contributed by atoms with E-state index in [1.54, 1.807) is 30.6 Å². The van der Waals surface area contributed by atoms with Gasteiger partial charge in [0.25, 0.3) is 0 Å². The zero-order valence-electron chi connectivity index (χ0n) is 14.5. The van der Waals surface area contributed by atoms with E-state index in [2.05, 4.69) is 39.4 Å². The molecule has 0 saturated heterocycles. The van der Waals surface area contributed by atoms with Crippen molar-refractivity contribution in [2.45, 2.75) is 26.3 Å². The van der Waals surface area contributed by atoms with Crippen molar-refractivity contribution in [3.05, 3.63) is 58.8 Å². The highest BCUT2D eigenvalue weighted by Gasteiger charge is 2.10. The van der Waals surface area contributed by atoms with Gasteiger partial charge in [-0.25, -0.2) is 4.98 Å². The standard InChI is InChI=1S/C19H19Cl2N5/c1-3-12(2)23-19-25-17(13-5-4-6-22-11-13)10-18(26-19)24-16-8-14(20)7-15(21)9-16/h4-12H,3H2,1-2H3,(H2,23,24,25,26)/t12-/m1/s1. The Bertz CT molecular complexity index is 866. The number of rotatable bonds is 6. The first-order chi connectivity index (χ1) is 12.5. The number of hydrogen-bond acceptors (Lipinski definition) is 5. The van der Waals surface area contributed by atoms with Crippen LogP contribution in [0, 0.1) is 0 Å². The number of hydrogen-bond donors (Lipinski definition) is 2. The molecular weight excluding hydrogens is 369 g/mol. The van der Waals surface area contributed by atoms with Crippen molar-refractivity contribution in [1.82, 2.24) is 15.0 Å². The average molecular weight is 388 g/mol. The number of nitrogens with one attached hydrogen (secondary N) is 2. The Morgan fingerprint density at radius 3 is 2.50 bits per heavy atom. The van der Waals surface area contributed by atoms with Crippen LogP contribution in [-0.2, 0) is 0 Å². The molecule has 0 unspecified atom stereocenters. The van der Waals surface area contributed by atoms with Gasteiger partial charge in [0.05, 0.1) is 5.69 Å². The predicted octanol–water partition coefficient (Wildman–Crippen LogP) is 5.80. The highest BCUT2D eigenvalue weighted by atomic mass is 35.5. The third-order valence-electron chi connectivity index (χ3n) is 3.81. The molecule has 0 aliphatic heterocycles. The van der Waals surface area contributed by atoms with E-state index in [-0.39, 0.29) is 6.04 Å². The van der Waals surface area contributed by atoms with Gasteiger partial charge in [-0.2, -0.15) is 4.98 Å². The molecule has 5 nitrogen and oxygen atoms in total. The lowest BCUT2D eigenvalue weighted by Gasteiger charge is -2.15. The zero-order valence-corrected chi connectivity index (χ0v) is 16.0. The van der Waals surface area contributed by atoms with E-state index < -0.39 is 0 Å². The van der Waals surface area contributed by atoms with Crippen LogP contribution < -0.4 is 10.6 Å². The molecule has 1 aromatic carbocycles. The molecule has 0 aliphatic carbocycles. The smallest absolute Gasteiger partial charge is 0.225 e. The molecule has 2 N–H and O–H groups in total. The van der Waals surface area contributed by atoms with Gasteiger partial charge in [0.2, 0.25) is 5.95 Å². The van der Waals surface area contributed by atoms with Crippen LogP contribution in [-0.4, -0.2) is 21.0 Å². The molecule has 0 amide bonds. The van der Waals surface area contributed by atoms with E-state index in [1.165, 1.54) is 0 Å². The average Bonchev–Trinajstić information content (AvgIpc) is 2.61. The summed E-state index contributed by atoms with van der Waals surface area (Å²) in [4.78, 5) is 13.3. The van der Waals surface area contributed by atoms with Crippen LogP contribution in [0.15, 0.2) is 48.8 Å². The minimum Gasteiger partial charge on any atom is -0.352 e. The number of aromatic nitrogens is 3. The molecule has 134 valence electrons. The Morgan fingerprint density at radius 1 is 1.08 bits per heavy atom. The van der Waals surface area contributed by atoms with E-state index in [1.807, 2.05) is 18.2 Å². The van der Waals surface area contributed by atoms with Crippen LogP contribution in [0.2, 0.25) is 10.0 Å². The van der Waals surface area contributed by atoms with E-state index in [9.17, 15) is 0 Å². The quantitative estimate of drug-likeness (QED) is 0.559. The fourth-order valence-corrected chi connectivity index (χ4v) is 2.86. The number of halogens is 2. The molecule has 2 heterocycles. The Kier molecular flexibility index (Phi) is 5.91. The molecule has 7 heteroatoms. The lowest BCUT2D eigenvalue weighted by molar-refractivity contribution is 0.753. The summed E-state index contributed by atoms with van der Waals surface area (Å²) in [5.74, 6) is 1.19. The summed E-state index contributed by atoms with van der Waals surface area (Å²) in [6.45, 7) is 4.19.